The van der Waals surface area contributed by atoms with Crippen LogP contribution in [0.2, 0.25) is 0 Å². The first-order valence-electron chi connectivity index (χ1n) is 8.36. The zero-order valence-electron chi connectivity index (χ0n) is 15.6. The number of nitrogens with zero attached hydrogens (tertiary/aromatic N) is 1. The summed E-state index contributed by atoms with van der Waals surface area (Å²) in [5, 5.41) is 10.1. The van der Waals surface area contributed by atoms with Gasteiger partial charge in [0.2, 0.25) is 5.91 Å². The Kier molecular flexibility index (Phi) is 6.69. The van der Waals surface area contributed by atoms with E-state index in [0.717, 1.165) is 12.3 Å². The van der Waals surface area contributed by atoms with E-state index in [4.69, 9.17) is 27.5 Å². The first kappa shape index (κ1) is 21.3. The normalized spacial score (nSPS) is 10.6. The van der Waals surface area contributed by atoms with Crippen molar-refractivity contribution in [2.24, 2.45) is 0 Å². The van der Waals surface area contributed by atoms with Crippen LogP contribution in [0.1, 0.15) is 41.0 Å². The van der Waals surface area contributed by atoms with Gasteiger partial charge in [-0.15, -0.1) is 11.6 Å². The quantitative estimate of drug-likeness (QED) is 0.282. The van der Waals surface area contributed by atoms with Gasteiger partial charge in [0.15, 0.2) is 11.5 Å². The zero-order valence-corrected chi connectivity index (χ0v) is 16.4. The fourth-order valence-corrected chi connectivity index (χ4v) is 2.65. The number of nitrogens with two attached hydrogens (primary N) is 1. The standard InChI is InChI=1S/C19H20ClFN4O3/c1-9(2)28-14-8-24-10(3)18(25-15(26)6-20)16(14)19(27)11-4-5-13(21)17(23)12(11)7-22/h4-5,7-9,22H,6,23H2,1-3H3,(H,25,26). The van der Waals surface area contributed by atoms with Crippen LogP contribution in [0.25, 0.3) is 0 Å². The van der Waals surface area contributed by atoms with Gasteiger partial charge in [0.25, 0.3) is 0 Å². The first-order chi connectivity index (χ1) is 13.2. The number of benzene rings is 1. The number of anilines is 2. The molecule has 28 heavy (non-hydrogen) atoms. The molecular weight excluding hydrogens is 387 g/mol. The Morgan fingerprint density at radius 2 is 2.11 bits per heavy atom. The van der Waals surface area contributed by atoms with Crippen molar-refractivity contribution in [3.63, 3.8) is 0 Å². The summed E-state index contributed by atoms with van der Waals surface area (Å²) in [7, 11) is 0. The lowest BCUT2D eigenvalue weighted by Gasteiger charge is -2.19. The van der Waals surface area contributed by atoms with E-state index in [1.807, 2.05) is 0 Å². The smallest absolute Gasteiger partial charge is 0.239 e. The van der Waals surface area contributed by atoms with E-state index in [1.54, 1.807) is 20.8 Å². The number of ether oxygens (including phenoxy) is 1. The molecule has 0 radical (unpaired) electrons. The van der Waals surface area contributed by atoms with E-state index in [0.29, 0.717) is 5.69 Å². The molecule has 0 saturated heterocycles. The second-order valence-electron chi connectivity index (χ2n) is 6.20. The van der Waals surface area contributed by atoms with Crippen LogP contribution in [-0.2, 0) is 4.79 Å². The van der Waals surface area contributed by atoms with Gasteiger partial charge in [0.05, 0.1) is 34.9 Å². The molecule has 0 aliphatic carbocycles. The molecule has 7 nitrogen and oxygen atoms in total. The van der Waals surface area contributed by atoms with Gasteiger partial charge >= 0.3 is 0 Å². The van der Waals surface area contributed by atoms with Crippen molar-refractivity contribution in [2.45, 2.75) is 26.9 Å². The van der Waals surface area contributed by atoms with Crippen molar-refractivity contribution in [2.75, 3.05) is 16.9 Å². The fourth-order valence-electron chi connectivity index (χ4n) is 2.58. The minimum absolute atomic E-state index is 0.00511. The topological polar surface area (TPSA) is 118 Å². The molecule has 0 fully saturated rings. The van der Waals surface area contributed by atoms with Crippen LogP contribution >= 0.6 is 11.6 Å². The molecule has 4 N–H and O–H groups in total. The maximum atomic E-state index is 13.8. The average molecular weight is 407 g/mol. The Hall–Kier alpha value is -3.00. The molecule has 1 aromatic carbocycles. The summed E-state index contributed by atoms with van der Waals surface area (Å²) in [5.41, 5.74) is 5.82. The van der Waals surface area contributed by atoms with Crippen molar-refractivity contribution in [1.29, 1.82) is 5.41 Å². The molecule has 0 spiro atoms. The summed E-state index contributed by atoms with van der Waals surface area (Å²) in [5.74, 6) is -2.06. The summed E-state index contributed by atoms with van der Waals surface area (Å²) in [4.78, 5) is 29.4. The average Bonchev–Trinajstić information content (AvgIpc) is 2.65. The Morgan fingerprint density at radius 1 is 1.43 bits per heavy atom. The number of carbonyl (C=O) groups is 2. The Balaban J connectivity index is 2.76. The molecule has 0 aliphatic rings. The van der Waals surface area contributed by atoms with E-state index in [9.17, 15) is 14.0 Å². The van der Waals surface area contributed by atoms with Gasteiger partial charge in [-0.25, -0.2) is 4.39 Å². The molecule has 1 aromatic heterocycles. The van der Waals surface area contributed by atoms with E-state index >= 15 is 0 Å². The Labute approximate surface area is 166 Å². The lowest BCUT2D eigenvalue weighted by molar-refractivity contribution is -0.113. The number of pyridine rings is 1. The van der Waals surface area contributed by atoms with Crippen molar-refractivity contribution < 1.29 is 18.7 Å². The second-order valence-corrected chi connectivity index (χ2v) is 6.47. The molecule has 0 saturated carbocycles. The predicted molar refractivity (Wildman–Crippen MR) is 106 cm³/mol. The highest BCUT2D eigenvalue weighted by atomic mass is 35.5. The van der Waals surface area contributed by atoms with Gasteiger partial charge in [-0.05, 0) is 32.9 Å². The number of hydrogen-bond donors (Lipinski definition) is 3. The van der Waals surface area contributed by atoms with Crippen LogP contribution in [0, 0.1) is 18.2 Å². The van der Waals surface area contributed by atoms with Crippen molar-refractivity contribution >= 4 is 40.9 Å². The van der Waals surface area contributed by atoms with Crippen LogP contribution in [0.4, 0.5) is 15.8 Å². The minimum atomic E-state index is -0.740. The fraction of sp³-hybridized carbons (Fsp3) is 0.263. The molecule has 2 rings (SSSR count). The number of nitrogens with one attached hydrogen (secondary N) is 2. The highest BCUT2D eigenvalue weighted by molar-refractivity contribution is 6.29. The lowest BCUT2D eigenvalue weighted by Crippen LogP contribution is -2.20. The SMILES string of the molecule is Cc1ncc(OC(C)C)c(C(=O)c2ccc(F)c(N)c2C=N)c1NC(=O)CCl. The number of nitrogen functional groups attached to an aromatic ring is 1. The lowest BCUT2D eigenvalue weighted by atomic mass is 9.95. The van der Waals surface area contributed by atoms with Crippen LogP contribution < -0.4 is 15.8 Å². The number of amides is 1. The van der Waals surface area contributed by atoms with Gasteiger partial charge in [0, 0.05) is 17.3 Å². The second kappa shape index (κ2) is 8.79. The van der Waals surface area contributed by atoms with Crippen LogP contribution in [0.15, 0.2) is 18.3 Å². The Morgan fingerprint density at radius 3 is 2.68 bits per heavy atom. The van der Waals surface area contributed by atoms with Gasteiger partial charge < -0.3 is 21.2 Å². The van der Waals surface area contributed by atoms with Gasteiger partial charge in [-0.2, -0.15) is 0 Å². The molecular formula is C19H20ClFN4O3. The third-order valence-corrected chi connectivity index (χ3v) is 4.07. The molecule has 0 bridgehead atoms. The highest BCUT2D eigenvalue weighted by Crippen LogP contribution is 2.33. The summed E-state index contributed by atoms with van der Waals surface area (Å²) in [6.07, 6.45) is 1.89. The van der Waals surface area contributed by atoms with E-state index in [2.05, 4.69) is 10.3 Å². The third kappa shape index (κ3) is 4.28. The Bertz CT molecular complexity index is 947. The van der Waals surface area contributed by atoms with E-state index < -0.39 is 17.5 Å². The third-order valence-electron chi connectivity index (χ3n) is 3.83. The van der Waals surface area contributed by atoms with E-state index in [1.165, 1.54) is 12.3 Å². The van der Waals surface area contributed by atoms with Gasteiger partial charge in [-0.1, -0.05) is 0 Å². The van der Waals surface area contributed by atoms with Gasteiger partial charge in [0.1, 0.15) is 11.7 Å². The number of rotatable bonds is 7. The molecule has 0 atom stereocenters. The number of ketones is 1. The number of halogens is 2. The van der Waals surface area contributed by atoms with Crippen LogP contribution in [0.5, 0.6) is 5.75 Å². The van der Waals surface area contributed by atoms with E-state index in [-0.39, 0.29) is 45.8 Å². The first-order valence-corrected chi connectivity index (χ1v) is 8.89. The van der Waals surface area contributed by atoms with Crippen molar-refractivity contribution in [3.8, 4) is 5.75 Å². The maximum Gasteiger partial charge on any atom is 0.239 e. The monoisotopic (exact) mass is 406 g/mol. The molecule has 0 aliphatic heterocycles. The number of hydrogen-bond acceptors (Lipinski definition) is 6. The summed E-state index contributed by atoms with van der Waals surface area (Å²) in [6, 6.07) is 2.28. The summed E-state index contributed by atoms with van der Waals surface area (Å²) >= 11 is 5.58. The number of aryl methyl sites for hydroxylation is 1. The number of alkyl halides is 1. The maximum absolute atomic E-state index is 13.8. The van der Waals surface area contributed by atoms with Crippen molar-refractivity contribution in [3.05, 3.63) is 46.5 Å². The summed E-state index contributed by atoms with van der Waals surface area (Å²) < 4.78 is 19.5. The number of carbonyl (C=O) groups excluding carboxylic acids is 2. The molecule has 9 heteroatoms. The zero-order chi connectivity index (χ0) is 21.0. The van der Waals surface area contributed by atoms with Gasteiger partial charge in [-0.3, -0.25) is 14.6 Å². The molecule has 1 heterocycles. The summed E-state index contributed by atoms with van der Waals surface area (Å²) in [6.45, 7) is 5.14. The molecule has 148 valence electrons. The van der Waals surface area contributed by atoms with Crippen LogP contribution in [0.3, 0.4) is 0 Å². The molecule has 2 aromatic rings. The molecule has 1 amide bonds. The van der Waals surface area contributed by atoms with Crippen molar-refractivity contribution in [1.82, 2.24) is 4.98 Å². The largest absolute Gasteiger partial charge is 0.489 e. The predicted octanol–water partition coefficient (Wildman–Crippen LogP) is 3.30. The highest BCUT2D eigenvalue weighted by Gasteiger charge is 2.26. The molecule has 0 unspecified atom stereocenters. The number of aromatic nitrogens is 1. The minimum Gasteiger partial charge on any atom is -0.489 e. The van der Waals surface area contributed by atoms with Crippen LogP contribution in [-0.4, -0.2) is 34.9 Å².